The van der Waals surface area contributed by atoms with E-state index in [1.807, 2.05) is 6.08 Å². The first kappa shape index (κ1) is 49.6. The summed E-state index contributed by atoms with van der Waals surface area (Å²) in [5, 5.41) is 54.0. The summed E-state index contributed by atoms with van der Waals surface area (Å²) in [6.45, 7) is 3.59. The summed E-state index contributed by atoms with van der Waals surface area (Å²) in [6, 6.07) is -0.845. The number of hydrogen-bond donors (Lipinski definition) is 6. The van der Waals surface area contributed by atoms with Crippen LogP contribution in [0.4, 0.5) is 0 Å². The van der Waals surface area contributed by atoms with E-state index in [1.54, 1.807) is 6.08 Å². The van der Waals surface area contributed by atoms with E-state index in [4.69, 9.17) is 9.47 Å². The number of unbranched alkanes of at least 4 members (excludes halogenated alkanes) is 13. The summed E-state index contributed by atoms with van der Waals surface area (Å²) >= 11 is 0. The van der Waals surface area contributed by atoms with E-state index in [1.165, 1.54) is 64.2 Å². The zero-order valence-corrected chi connectivity index (χ0v) is 33.7. The van der Waals surface area contributed by atoms with Gasteiger partial charge in [-0.15, -0.1) is 0 Å². The molecule has 0 aliphatic carbocycles. The summed E-state index contributed by atoms with van der Waals surface area (Å²) < 4.78 is 11.2. The molecular weight excluding hydrogens is 682 g/mol. The van der Waals surface area contributed by atoms with Gasteiger partial charge < -0.3 is 40.3 Å². The summed E-state index contributed by atoms with van der Waals surface area (Å²) in [4.78, 5) is 12.9. The van der Waals surface area contributed by atoms with Crippen LogP contribution in [-0.4, -0.2) is 87.5 Å². The van der Waals surface area contributed by atoms with Crippen LogP contribution in [0, 0.1) is 0 Å². The van der Waals surface area contributed by atoms with Gasteiger partial charge in [0, 0.05) is 6.42 Å². The third-order valence-electron chi connectivity index (χ3n) is 9.51. The van der Waals surface area contributed by atoms with Crippen molar-refractivity contribution in [1.82, 2.24) is 5.32 Å². The second-order valence-electron chi connectivity index (χ2n) is 14.4. The Hall–Kier alpha value is -2.37. The van der Waals surface area contributed by atoms with Gasteiger partial charge in [-0.1, -0.05) is 145 Å². The lowest BCUT2D eigenvalue weighted by Crippen LogP contribution is -2.60. The van der Waals surface area contributed by atoms with Crippen LogP contribution in [0.3, 0.4) is 0 Å². The third kappa shape index (κ3) is 25.7. The van der Waals surface area contributed by atoms with Crippen molar-refractivity contribution < 1.29 is 39.8 Å². The van der Waals surface area contributed by atoms with E-state index in [9.17, 15) is 30.3 Å². The number of aliphatic hydroxyl groups excluding tert-OH is 5. The molecule has 0 saturated carbocycles. The van der Waals surface area contributed by atoms with Crippen molar-refractivity contribution in [2.24, 2.45) is 0 Å². The van der Waals surface area contributed by atoms with Crippen LogP contribution in [0.15, 0.2) is 72.9 Å². The Morgan fingerprint density at radius 1 is 0.648 bits per heavy atom. The largest absolute Gasteiger partial charge is 0.394 e. The van der Waals surface area contributed by atoms with Gasteiger partial charge in [-0.2, -0.15) is 0 Å². The maximum Gasteiger partial charge on any atom is 0.220 e. The minimum Gasteiger partial charge on any atom is -0.394 e. The minimum atomic E-state index is -1.58. The first-order valence-corrected chi connectivity index (χ1v) is 21.2. The van der Waals surface area contributed by atoms with Crippen LogP contribution < -0.4 is 5.32 Å². The molecule has 0 aromatic rings. The zero-order chi connectivity index (χ0) is 39.5. The van der Waals surface area contributed by atoms with Crippen LogP contribution in [0.2, 0.25) is 0 Å². The maximum atomic E-state index is 12.9. The molecule has 310 valence electrons. The molecular formula is C45H77NO8. The summed E-state index contributed by atoms with van der Waals surface area (Å²) in [6.07, 6.45) is 39.5. The van der Waals surface area contributed by atoms with Crippen LogP contribution in [0.25, 0.3) is 0 Å². The molecule has 0 aromatic heterocycles. The van der Waals surface area contributed by atoms with Crippen molar-refractivity contribution in [3.05, 3.63) is 72.9 Å². The Morgan fingerprint density at radius 3 is 1.78 bits per heavy atom. The second-order valence-corrected chi connectivity index (χ2v) is 14.4. The molecule has 1 saturated heterocycles. The van der Waals surface area contributed by atoms with Gasteiger partial charge in [0.2, 0.25) is 5.91 Å². The molecule has 7 unspecified atom stereocenters. The zero-order valence-electron chi connectivity index (χ0n) is 33.7. The lowest BCUT2D eigenvalue weighted by molar-refractivity contribution is -0.302. The fourth-order valence-electron chi connectivity index (χ4n) is 6.10. The molecule has 0 aromatic carbocycles. The number of allylic oxidation sites excluding steroid dienone is 11. The molecule has 1 aliphatic rings. The van der Waals surface area contributed by atoms with Crippen LogP contribution in [0.1, 0.15) is 149 Å². The molecule has 7 atom stereocenters. The number of aliphatic hydroxyl groups is 5. The van der Waals surface area contributed by atoms with Crippen molar-refractivity contribution >= 4 is 5.91 Å². The predicted octanol–water partition coefficient (Wildman–Crippen LogP) is 8.22. The van der Waals surface area contributed by atoms with E-state index in [0.717, 1.165) is 57.8 Å². The average molecular weight is 760 g/mol. The summed E-state index contributed by atoms with van der Waals surface area (Å²) in [5.41, 5.74) is 0. The van der Waals surface area contributed by atoms with Crippen LogP contribution >= 0.6 is 0 Å². The number of rotatable bonds is 33. The Labute approximate surface area is 328 Å². The van der Waals surface area contributed by atoms with Crippen molar-refractivity contribution in [2.75, 3.05) is 13.2 Å². The lowest BCUT2D eigenvalue weighted by Gasteiger charge is -2.40. The topological polar surface area (TPSA) is 149 Å². The molecule has 9 nitrogen and oxygen atoms in total. The SMILES string of the molecule is CC/C=C\C/C=C\C/C=C\C/C=C\CCCCC(=O)NC(COC1OC(CO)C(O)C(O)C1O)C(O)/C=C/CC/C=C/CCCCCCCCCCCC. The van der Waals surface area contributed by atoms with E-state index < -0.39 is 49.5 Å². The van der Waals surface area contributed by atoms with Gasteiger partial charge in [0.15, 0.2) is 6.29 Å². The molecule has 0 radical (unpaired) electrons. The van der Waals surface area contributed by atoms with E-state index >= 15 is 0 Å². The number of hydrogen-bond acceptors (Lipinski definition) is 8. The summed E-state index contributed by atoms with van der Waals surface area (Å²) in [7, 11) is 0. The van der Waals surface area contributed by atoms with Crippen molar-refractivity contribution in [3.8, 4) is 0 Å². The third-order valence-corrected chi connectivity index (χ3v) is 9.51. The predicted molar refractivity (Wildman–Crippen MR) is 221 cm³/mol. The van der Waals surface area contributed by atoms with Crippen molar-refractivity contribution in [3.63, 3.8) is 0 Å². The molecule has 1 fully saturated rings. The van der Waals surface area contributed by atoms with Crippen molar-refractivity contribution in [1.29, 1.82) is 0 Å². The average Bonchev–Trinajstić information content (AvgIpc) is 3.17. The highest BCUT2D eigenvalue weighted by atomic mass is 16.7. The number of carbonyl (C=O) groups excluding carboxylic acids is 1. The molecule has 9 heteroatoms. The van der Waals surface area contributed by atoms with Gasteiger partial charge in [0.1, 0.15) is 24.4 Å². The number of nitrogens with one attached hydrogen (secondary N) is 1. The van der Waals surface area contributed by atoms with Crippen LogP contribution in [0.5, 0.6) is 0 Å². The number of carbonyl (C=O) groups is 1. The first-order chi connectivity index (χ1) is 26.3. The monoisotopic (exact) mass is 760 g/mol. The van der Waals surface area contributed by atoms with Crippen LogP contribution in [-0.2, 0) is 14.3 Å². The Balaban J connectivity index is 2.48. The number of amides is 1. The van der Waals surface area contributed by atoms with E-state index in [-0.39, 0.29) is 18.9 Å². The highest BCUT2D eigenvalue weighted by Gasteiger charge is 2.44. The molecule has 1 amide bonds. The molecule has 1 heterocycles. The number of ether oxygens (including phenoxy) is 2. The van der Waals surface area contributed by atoms with Crippen molar-refractivity contribution in [2.45, 2.75) is 192 Å². The Morgan fingerprint density at radius 2 is 1.17 bits per heavy atom. The van der Waals surface area contributed by atoms with Gasteiger partial charge in [-0.05, 0) is 70.6 Å². The Bertz CT molecular complexity index is 1070. The standard InChI is InChI=1S/C45H77NO8/c1-3-5-7-9-11-13-15-17-19-21-22-24-26-28-30-32-34-39(48)38(37-53-45-44(52)43(51)42(50)40(36-47)54-45)46-41(49)35-33-31-29-27-25-23-20-18-16-14-12-10-8-6-4-2/h6,8,12,14,18,20,24-27,32,34,38-40,42-45,47-48,50-52H,3-5,7,9-11,13,15-17,19,21-23,28-31,33,35-37H2,1-2H3,(H,46,49)/b8-6-,14-12-,20-18-,26-24+,27-25-,34-32+. The molecule has 0 spiro atoms. The van der Waals surface area contributed by atoms with Gasteiger partial charge in [-0.3, -0.25) is 4.79 Å². The van der Waals surface area contributed by atoms with Gasteiger partial charge in [0.05, 0.1) is 25.4 Å². The lowest BCUT2D eigenvalue weighted by atomic mass is 9.99. The first-order valence-electron chi connectivity index (χ1n) is 21.2. The molecule has 1 aliphatic heterocycles. The fourth-order valence-corrected chi connectivity index (χ4v) is 6.10. The molecule has 6 N–H and O–H groups in total. The quantitative estimate of drug-likeness (QED) is 0.0290. The highest BCUT2D eigenvalue weighted by Crippen LogP contribution is 2.22. The van der Waals surface area contributed by atoms with Gasteiger partial charge in [-0.25, -0.2) is 0 Å². The fraction of sp³-hybridized carbons (Fsp3) is 0.711. The van der Waals surface area contributed by atoms with Gasteiger partial charge in [0.25, 0.3) is 0 Å². The molecule has 0 bridgehead atoms. The minimum absolute atomic E-state index is 0.222. The smallest absolute Gasteiger partial charge is 0.220 e. The maximum absolute atomic E-state index is 12.9. The normalized spacial score (nSPS) is 22.2. The molecule has 1 rings (SSSR count). The van der Waals surface area contributed by atoms with E-state index in [2.05, 4.69) is 79.9 Å². The second kappa shape index (κ2) is 35.1. The molecule has 54 heavy (non-hydrogen) atoms. The van der Waals surface area contributed by atoms with E-state index in [0.29, 0.717) is 6.42 Å². The Kier molecular flexibility index (Phi) is 32.2. The highest BCUT2D eigenvalue weighted by molar-refractivity contribution is 5.76. The van der Waals surface area contributed by atoms with Gasteiger partial charge >= 0.3 is 0 Å². The summed E-state index contributed by atoms with van der Waals surface area (Å²) in [5.74, 6) is -0.232.